The van der Waals surface area contributed by atoms with Crippen molar-refractivity contribution >= 4 is 21.5 Å². The zero-order valence-corrected chi connectivity index (χ0v) is 15.7. The van der Waals surface area contributed by atoms with Gasteiger partial charge in [-0.25, -0.2) is 9.97 Å². The Morgan fingerprint density at radius 2 is 1.96 bits per heavy atom. The fourth-order valence-corrected chi connectivity index (χ4v) is 3.96. The molecule has 1 fully saturated rings. The predicted molar refractivity (Wildman–Crippen MR) is 99.9 cm³/mol. The third-order valence-electron chi connectivity index (χ3n) is 4.86. The first-order chi connectivity index (χ1) is 13.3. The topological polar surface area (TPSA) is 142 Å². The number of hydrogen-bond acceptors (Lipinski definition) is 7. The molecule has 3 N–H and O–H groups in total. The SMILES string of the molecule is CN([C@H]1C[C@@H](Oc2ncnc3nc(-c4ccccc4)[nH]c23)C[C@@H]1O)S(=O)(=O)O. The van der Waals surface area contributed by atoms with Gasteiger partial charge in [0.2, 0.25) is 5.88 Å². The lowest BCUT2D eigenvalue weighted by Crippen LogP contribution is -2.41. The molecule has 28 heavy (non-hydrogen) atoms. The molecule has 0 radical (unpaired) electrons. The van der Waals surface area contributed by atoms with E-state index in [4.69, 9.17) is 4.74 Å². The number of H-pyrrole nitrogens is 1. The number of likely N-dealkylation sites (N-methyl/N-ethyl adjacent to an activating group) is 1. The molecular formula is C17H19N5O5S. The summed E-state index contributed by atoms with van der Waals surface area (Å²) in [6.07, 6.45) is 0.306. The highest BCUT2D eigenvalue weighted by atomic mass is 32.2. The molecule has 3 atom stereocenters. The molecule has 1 aliphatic rings. The van der Waals surface area contributed by atoms with Crippen LogP contribution in [0.1, 0.15) is 12.8 Å². The summed E-state index contributed by atoms with van der Waals surface area (Å²) < 4.78 is 38.5. The highest BCUT2D eigenvalue weighted by Gasteiger charge is 2.40. The molecule has 1 aliphatic carbocycles. The first-order valence-electron chi connectivity index (χ1n) is 8.64. The quantitative estimate of drug-likeness (QED) is 0.534. The number of aliphatic hydroxyl groups is 1. The third-order valence-corrected chi connectivity index (χ3v) is 5.86. The maximum absolute atomic E-state index is 11.3. The van der Waals surface area contributed by atoms with Gasteiger partial charge in [-0.05, 0) is 0 Å². The van der Waals surface area contributed by atoms with Crippen molar-refractivity contribution in [3.05, 3.63) is 36.7 Å². The molecule has 4 rings (SSSR count). The molecule has 0 saturated heterocycles. The van der Waals surface area contributed by atoms with Crippen LogP contribution in [-0.2, 0) is 10.3 Å². The van der Waals surface area contributed by atoms with Crippen molar-refractivity contribution < 1.29 is 22.8 Å². The van der Waals surface area contributed by atoms with Gasteiger partial charge >= 0.3 is 10.3 Å². The van der Waals surface area contributed by atoms with Crippen LogP contribution >= 0.6 is 0 Å². The number of ether oxygens (including phenoxy) is 1. The second-order valence-corrected chi connectivity index (χ2v) is 8.14. The summed E-state index contributed by atoms with van der Waals surface area (Å²) in [5.41, 5.74) is 1.84. The molecule has 148 valence electrons. The summed E-state index contributed by atoms with van der Waals surface area (Å²) in [4.78, 5) is 15.9. The van der Waals surface area contributed by atoms with E-state index < -0.39 is 28.6 Å². The number of imidazole rings is 1. The molecule has 11 heteroatoms. The van der Waals surface area contributed by atoms with Crippen LogP contribution in [0.4, 0.5) is 0 Å². The zero-order chi connectivity index (χ0) is 19.9. The van der Waals surface area contributed by atoms with Gasteiger partial charge in [0.15, 0.2) is 5.65 Å². The van der Waals surface area contributed by atoms with Crippen molar-refractivity contribution in [1.29, 1.82) is 0 Å². The van der Waals surface area contributed by atoms with Gasteiger partial charge in [-0.3, -0.25) is 4.55 Å². The van der Waals surface area contributed by atoms with Crippen molar-refractivity contribution in [2.24, 2.45) is 0 Å². The van der Waals surface area contributed by atoms with Crippen LogP contribution in [0.5, 0.6) is 5.88 Å². The smallest absolute Gasteiger partial charge is 0.335 e. The maximum Gasteiger partial charge on any atom is 0.335 e. The van der Waals surface area contributed by atoms with Gasteiger partial charge in [0.05, 0.1) is 12.1 Å². The minimum absolute atomic E-state index is 0.204. The Morgan fingerprint density at radius 1 is 1.21 bits per heavy atom. The first kappa shape index (κ1) is 18.7. The Labute approximate surface area is 161 Å². The van der Waals surface area contributed by atoms with Crippen LogP contribution in [0.3, 0.4) is 0 Å². The van der Waals surface area contributed by atoms with Crippen LogP contribution in [0, 0.1) is 0 Å². The lowest BCUT2D eigenvalue weighted by molar-refractivity contribution is 0.113. The lowest BCUT2D eigenvalue weighted by atomic mass is 10.2. The largest absolute Gasteiger partial charge is 0.473 e. The normalized spacial score (nSPS) is 22.8. The van der Waals surface area contributed by atoms with Gasteiger partial charge in [-0.2, -0.15) is 17.7 Å². The van der Waals surface area contributed by atoms with Gasteiger partial charge in [0.25, 0.3) is 0 Å². The number of fused-ring (bicyclic) bond motifs is 1. The molecule has 1 aromatic carbocycles. The average molecular weight is 405 g/mol. The minimum atomic E-state index is -4.40. The summed E-state index contributed by atoms with van der Waals surface area (Å²) in [5, 5.41) is 10.2. The fourth-order valence-electron chi connectivity index (χ4n) is 3.39. The summed E-state index contributed by atoms with van der Waals surface area (Å²) in [7, 11) is -3.18. The average Bonchev–Trinajstić information content (AvgIpc) is 3.25. The van der Waals surface area contributed by atoms with E-state index in [1.54, 1.807) is 0 Å². The van der Waals surface area contributed by atoms with Crippen LogP contribution in [-0.4, -0.2) is 67.6 Å². The van der Waals surface area contributed by atoms with Crippen LogP contribution in [0.15, 0.2) is 36.7 Å². The van der Waals surface area contributed by atoms with Crippen molar-refractivity contribution in [2.45, 2.75) is 31.1 Å². The predicted octanol–water partition coefficient (Wildman–Crippen LogP) is 1.03. The molecule has 2 aromatic heterocycles. The van der Waals surface area contributed by atoms with E-state index in [1.165, 1.54) is 13.4 Å². The summed E-state index contributed by atoms with van der Waals surface area (Å²) in [6, 6.07) is 8.75. The third kappa shape index (κ3) is 3.56. The molecular weight excluding hydrogens is 386 g/mol. The van der Waals surface area contributed by atoms with E-state index in [0.717, 1.165) is 9.87 Å². The van der Waals surface area contributed by atoms with Crippen LogP contribution in [0.2, 0.25) is 0 Å². The van der Waals surface area contributed by atoms with E-state index in [0.29, 0.717) is 17.0 Å². The molecule has 0 unspecified atom stereocenters. The van der Waals surface area contributed by atoms with Crippen molar-refractivity contribution in [2.75, 3.05) is 7.05 Å². The second-order valence-electron chi connectivity index (χ2n) is 6.67. The second kappa shape index (κ2) is 7.09. The van der Waals surface area contributed by atoms with Crippen LogP contribution in [0.25, 0.3) is 22.6 Å². The fraction of sp³-hybridized carbons (Fsp3) is 0.353. The molecule has 2 heterocycles. The number of aliphatic hydroxyl groups excluding tert-OH is 1. The number of rotatable bonds is 5. The van der Waals surface area contributed by atoms with Gasteiger partial charge in [0, 0.05) is 25.5 Å². The van der Waals surface area contributed by atoms with Crippen molar-refractivity contribution in [3.8, 4) is 17.3 Å². The standard InChI is InChI=1S/C17H19N5O5S/c1-22(28(24,25)26)12-7-11(8-13(12)23)27-17-14-16(18-9-19-17)21-15(20-14)10-5-3-2-4-6-10/h2-6,9,11-13,23H,7-8H2,1H3,(H,24,25,26)(H,18,19,20,21)/t11-,12+,13+/m1/s1. The van der Waals surface area contributed by atoms with Gasteiger partial charge < -0.3 is 14.8 Å². The van der Waals surface area contributed by atoms with E-state index in [-0.39, 0.29) is 18.7 Å². The van der Waals surface area contributed by atoms with E-state index >= 15 is 0 Å². The Kier molecular flexibility index (Phi) is 4.75. The van der Waals surface area contributed by atoms with Gasteiger partial charge in [0.1, 0.15) is 23.8 Å². The number of aromatic nitrogens is 4. The van der Waals surface area contributed by atoms with E-state index in [2.05, 4.69) is 19.9 Å². The highest BCUT2D eigenvalue weighted by Crippen LogP contribution is 2.31. The zero-order valence-electron chi connectivity index (χ0n) is 14.9. The Balaban J connectivity index is 1.58. The monoisotopic (exact) mass is 405 g/mol. The summed E-state index contributed by atoms with van der Waals surface area (Å²) in [6.45, 7) is 0. The lowest BCUT2D eigenvalue weighted by Gasteiger charge is -2.22. The number of nitrogens with one attached hydrogen (secondary N) is 1. The molecule has 10 nitrogen and oxygen atoms in total. The number of benzene rings is 1. The Morgan fingerprint density at radius 3 is 2.68 bits per heavy atom. The summed E-state index contributed by atoms with van der Waals surface area (Å²) in [5.74, 6) is 0.892. The molecule has 3 aromatic rings. The van der Waals surface area contributed by atoms with Gasteiger partial charge in [-0.15, -0.1) is 0 Å². The van der Waals surface area contributed by atoms with Gasteiger partial charge in [-0.1, -0.05) is 30.3 Å². The number of nitrogens with zero attached hydrogens (tertiary/aromatic N) is 4. The minimum Gasteiger partial charge on any atom is -0.473 e. The van der Waals surface area contributed by atoms with Crippen molar-refractivity contribution in [3.63, 3.8) is 0 Å². The van der Waals surface area contributed by atoms with E-state index in [1.807, 2.05) is 30.3 Å². The number of aromatic amines is 1. The Bertz CT molecular complexity index is 1090. The molecule has 0 aliphatic heterocycles. The molecule has 0 spiro atoms. The first-order valence-corrected chi connectivity index (χ1v) is 10.0. The Hall–Kier alpha value is -2.60. The highest BCUT2D eigenvalue weighted by molar-refractivity contribution is 7.83. The van der Waals surface area contributed by atoms with E-state index in [9.17, 15) is 18.1 Å². The summed E-state index contributed by atoms with van der Waals surface area (Å²) >= 11 is 0. The molecule has 0 bridgehead atoms. The molecule has 0 amide bonds. The molecule has 1 saturated carbocycles. The number of hydrogen-bond donors (Lipinski definition) is 3. The maximum atomic E-state index is 11.3. The van der Waals surface area contributed by atoms with Crippen molar-refractivity contribution in [1.82, 2.24) is 24.2 Å². The van der Waals surface area contributed by atoms with Crippen LogP contribution < -0.4 is 4.74 Å².